The number of ether oxygens (including phenoxy) is 2. The standard InChI is InChI=1S/C15H29NO3S/c1-5-7-16-13(12-6-8-18-9-12)10-20-11-14(17)19-15(2,3)4/h12-13,16H,5-11H2,1-4H3. The van der Waals surface area contributed by atoms with Gasteiger partial charge in [-0.1, -0.05) is 6.92 Å². The van der Waals surface area contributed by atoms with Gasteiger partial charge in [0.25, 0.3) is 0 Å². The van der Waals surface area contributed by atoms with Crippen molar-refractivity contribution in [3.63, 3.8) is 0 Å². The van der Waals surface area contributed by atoms with Crippen LogP contribution in [0.1, 0.15) is 40.5 Å². The van der Waals surface area contributed by atoms with Crippen LogP contribution in [0.25, 0.3) is 0 Å². The summed E-state index contributed by atoms with van der Waals surface area (Å²) in [4.78, 5) is 11.7. The normalized spacial score (nSPS) is 20.9. The van der Waals surface area contributed by atoms with Gasteiger partial charge in [0.1, 0.15) is 5.60 Å². The van der Waals surface area contributed by atoms with Crippen molar-refractivity contribution in [2.45, 2.75) is 52.2 Å². The van der Waals surface area contributed by atoms with Crippen molar-refractivity contribution in [3.8, 4) is 0 Å². The summed E-state index contributed by atoms with van der Waals surface area (Å²) in [7, 11) is 0. The van der Waals surface area contributed by atoms with Crippen molar-refractivity contribution < 1.29 is 14.3 Å². The molecule has 1 N–H and O–H groups in total. The van der Waals surface area contributed by atoms with E-state index in [4.69, 9.17) is 9.47 Å². The Balaban J connectivity index is 2.28. The highest BCUT2D eigenvalue weighted by atomic mass is 32.2. The highest BCUT2D eigenvalue weighted by molar-refractivity contribution is 7.99. The van der Waals surface area contributed by atoms with Crippen molar-refractivity contribution >= 4 is 17.7 Å². The molecule has 1 heterocycles. The van der Waals surface area contributed by atoms with Crippen molar-refractivity contribution in [2.24, 2.45) is 5.92 Å². The Bertz CT molecular complexity index is 285. The SMILES string of the molecule is CCCNC(CSCC(=O)OC(C)(C)C)C1CCOC1. The monoisotopic (exact) mass is 303 g/mol. The van der Waals surface area contributed by atoms with Crippen LogP contribution < -0.4 is 5.32 Å². The molecule has 0 aromatic carbocycles. The molecule has 0 spiro atoms. The van der Waals surface area contributed by atoms with E-state index in [9.17, 15) is 4.79 Å². The topological polar surface area (TPSA) is 47.6 Å². The maximum atomic E-state index is 11.7. The van der Waals surface area contributed by atoms with Gasteiger partial charge in [-0.3, -0.25) is 4.79 Å². The lowest BCUT2D eigenvalue weighted by Crippen LogP contribution is -2.39. The Morgan fingerprint density at radius 2 is 2.25 bits per heavy atom. The first-order valence-corrected chi connectivity index (χ1v) is 8.68. The second-order valence-corrected chi connectivity index (χ2v) is 7.32. The summed E-state index contributed by atoms with van der Waals surface area (Å²) >= 11 is 1.65. The van der Waals surface area contributed by atoms with Gasteiger partial charge in [-0.2, -0.15) is 0 Å². The summed E-state index contributed by atoms with van der Waals surface area (Å²) in [5.74, 6) is 1.81. The second-order valence-electron chi connectivity index (χ2n) is 6.29. The Kier molecular flexibility index (Phi) is 7.92. The summed E-state index contributed by atoms with van der Waals surface area (Å²) in [5.41, 5.74) is -0.392. The zero-order valence-corrected chi connectivity index (χ0v) is 14.1. The lowest BCUT2D eigenvalue weighted by atomic mass is 10.0. The maximum Gasteiger partial charge on any atom is 0.316 e. The first-order valence-electron chi connectivity index (χ1n) is 7.53. The molecule has 0 aromatic rings. The molecule has 0 amide bonds. The fraction of sp³-hybridized carbons (Fsp3) is 0.933. The molecule has 20 heavy (non-hydrogen) atoms. The molecular formula is C15H29NO3S. The lowest BCUT2D eigenvalue weighted by Gasteiger charge is -2.24. The van der Waals surface area contributed by atoms with Crippen LogP contribution in [0.15, 0.2) is 0 Å². The van der Waals surface area contributed by atoms with Gasteiger partial charge >= 0.3 is 5.97 Å². The molecular weight excluding hydrogens is 274 g/mol. The van der Waals surface area contributed by atoms with Crippen LogP contribution in [-0.4, -0.2) is 48.9 Å². The molecule has 4 nitrogen and oxygen atoms in total. The lowest BCUT2D eigenvalue weighted by molar-refractivity contribution is -0.151. The average molecular weight is 303 g/mol. The number of nitrogens with one attached hydrogen (secondary N) is 1. The van der Waals surface area contributed by atoms with Crippen LogP contribution in [0.4, 0.5) is 0 Å². The minimum atomic E-state index is -0.392. The van der Waals surface area contributed by atoms with Gasteiger partial charge in [-0.15, -0.1) is 11.8 Å². The number of hydrogen-bond acceptors (Lipinski definition) is 5. The van der Waals surface area contributed by atoms with Crippen LogP contribution in [0, 0.1) is 5.92 Å². The molecule has 118 valence electrons. The minimum absolute atomic E-state index is 0.126. The van der Waals surface area contributed by atoms with Crippen molar-refractivity contribution in [1.82, 2.24) is 5.32 Å². The molecule has 2 atom stereocenters. The molecule has 0 radical (unpaired) electrons. The first-order chi connectivity index (χ1) is 9.42. The van der Waals surface area contributed by atoms with Crippen LogP contribution in [0.3, 0.4) is 0 Å². The Morgan fingerprint density at radius 1 is 1.50 bits per heavy atom. The average Bonchev–Trinajstić information content (AvgIpc) is 2.84. The third kappa shape index (κ3) is 7.50. The van der Waals surface area contributed by atoms with Crippen LogP contribution in [0.2, 0.25) is 0 Å². The van der Waals surface area contributed by atoms with Gasteiger partial charge in [-0.05, 0) is 40.2 Å². The van der Waals surface area contributed by atoms with Crippen LogP contribution >= 0.6 is 11.8 Å². The second kappa shape index (κ2) is 8.90. The molecule has 5 heteroatoms. The van der Waals surface area contributed by atoms with Gasteiger partial charge in [0, 0.05) is 24.3 Å². The van der Waals surface area contributed by atoms with Gasteiger partial charge in [-0.25, -0.2) is 0 Å². The summed E-state index contributed by atoms with van der Waals surface area (Å²) in [6.45, 7) is 10.6. The van der Waals surface area contributed by atoms with Gasteiger partial charge < -0.3 is 14.8 Å². The van der Waals surface area contributed by atoms with E-state index in [0.29, 0.717) is 17.7 Å². The number of esters is 1. The zero-order valence-electron chi connectivity index (χ0n) is 13.2. The van der Waals surface area contributed by atoms with Gasteiger partial charge in [0.15, 0.2) is 0 Å². The van der Waals surface area contributed by atoms with E-state index in [1.54, 1.807) is 11.8 Å². The number of rotatable bonds is 8. The smallest absolute Gasteiger partial charge is 0.316 e. The Hall–Kier alpha value is -0.260. The van der Waals surface area contributed by atoms with Crippen molar-refractivity contribution in [2.75, 3.05) is 31.3 Å². The Labute approximate surface area is 127 Å². The number of hydrogen-bond donors (Lipinski definition) is 1. The molecule has 0 aromatic heterocycles. The minimum Gasteiger partial charge on any atom is -0.459 e. The highest BCUT2D eigenvalue weighted by Gasteiger charge is 2.25. The number of carbonyl (C=O) groups is 1. The molecule has 1 rings (SSSR count). The van der Waals surface area contributed by atoms with Crippen molar-refractivity contribution in [3.05, 3.63) is 0 Å². The molecule has 0 saturated carbocycles. The summed E-state index contributed by atoms with van der Waals surface area (Å²) in [6.07, 6.45) is 2.25. The van der Waals surface area contributed by atoms with Gasteiger partial charge in [0.2, 0.25) is 0 Å². The summed E-state index contributed by atoms with van der Waals surface area (Å²) in [6, 6.07) is 0.435. The molecule has 1 saturated heterocycles. The van der Waals surface area contributed by atoms with E-state index < -0.39 is 5.60 Å². The quantitative estimate of drug-likeness (QED) is 0.698. The predicted molar refractivity (Wildman–Crippen MR) is 84.2 cm³/mol. The largest absolute Gasteiger partial charge is 0.459 e. The zero-order chi connectivity index (χ0) is 15.0. The number of thioether (sulfide) groups is 1. The summed E-state index contributed by atoms with van der Waals surface area (Å²) < 4.78 is 10.8. The fourth-order valence-corrected chi connectivity index (χ4v) is 3.19. The molecule has 0 bridgehead atoms. The molecule has 1 aliphatic heterocycles. The van der Waals surface area contributed by atoms with E-state index in [1.165, 1.54) is 0 Å². The molecule has 1 fully saturated rings. The molecule has 2 unspecified atom stereocenters. The predicted octanol–water partition coefficient (Wildman–Crippen LogP) is 2.47. The third-order valence-electron chi connectivity index (χ3n) is 3.13. The van der Waals surface area contributed by atoms with E-state index in [1.807, 2.05) is 20.8 Å². The van der Waals surface area contributed by atoms with E-state index >= 15 is 0 Å². The maximum absolute atomic E-state index is 11.7. The highest BCUT2D eigenvalue weighted by Crippen LogP contribution is 2.20. The molecule has 0 aliphatic carbocycles. The third-order valence-corrected chi connectivity index (χ3v) is 4.16. The van der Waals surface area contributed by atoms with Crippen LogP contribution in [-0.2, 0) is 14.3 Å². The first kappa shape index (κ1) is 17.8. The molecule has 1 aliphatic rings. The van der Waals surface area contributed by atoms with Crippen LogP contribution in [0.5, 0.6) is 0 Å². The van der Waals surface area contributed by atoms with Crippen molar-refractivity contribution in [1.29, 1.82) is 0 Å². The fourth-order valence-electron chi connectivity index (χ4n) is 2.20. The van der Waals surface area contributed by atoms with E-state index in [-0.39, 0.29) is 5.97 Å². The van der Waals surface area contributed by atoms with Gasteiger partial charge in [0.05, 0.1) is 12.4 Å². The Morgan fingerprint density at radius 3 is 2.80 bits per heavy atom. The van der Waals surface area contributed by atoms with E-state index in [0.717, 1.165) is 38.4 Å². The number of carbonyl (C=O) groups excluding carboxylic acids is 1. The summed E-state index contributed by atoms with van der Waals surface area (Å²) in [5, 5.41) is 3.58. The van der Waals surface area contributed by atoms with E-state index in [2.05, 4.69) is 12.2 Å².